The van der Waals surface area contributed by atoms with Crippen LogP contribution in [-0.2, 0) is 6.54 Å². The number of nitrogens with one attached hydrogen (secondary N) is 1. The Balaban J connectivity index is 2.12. The molecule has 0 spiro atoms. The number of rotatable bonds is 7. The molecule has 0 aliphatic rings. The molecule has 0 atom stereocenters. The molecule has 2 aromatic heterocycles. The predicted octanol–water partition coefficient (Wildman–Crippen LogP) is 2.31. The maximum absolute atomic E-state index is 11.1. The number of carbonyl (C=O) groups is 1. The largest absolute Gasteiger partial charge is 0.475 e. The number of fused-ring (bicyclic) bond motifs is 1. The zero-order chi connectivity index (χ0) is 13.7. The minimum absolute atomic E-state index is 0.0703. The molecular formula is C14H19N3O2. The molecule has 5 heteroatoms. The molecule has 0 amide bonds. The van der Waals surface area contributed by atoms with Crippen molar-refractivity contribution in [2.24, 2.45) is 0 Å². The lowest BCUT2D eigenvalue weighted by Crippen LogP contribution is -2.15. The van der Waals surface area contributed by atoms with E-state index in [1.54, 1.807) is 16.7 Å². The molecule has 2 rings (SSSR count). The first kappa shape index (κ1) is 13.5. The van der Waals surface area contributed by atoms with E-state index in [9.17, 15) is 4.79 Å². The molecule has 0 fully saturated rings. The number of aromatic carboxylic acids is 1. The first-order chi connectivity index (χ1) is 9.24. The summed E-state index contributed by atoms with van der Waals surface area (Å²) in [6, 6.07) is 5.59. The van der Waals surface area contributed by atoms with Crippen LogP contribution in [0.5, 0.6) is 0 Å². The number of pyridine rings is 1. The van der Waals surface area contributed by atoms with Gasteiger partial charge >= 0.3 is 5.97 Å². The molecule has 0 saturated carbocycles. The maximum Gasteiger partial charge on any atom is 0.372 e. The fraction of sp³-hybridized carbons (Fsp3) is 0.429. The maximum atomic E-state index is 11.1. The molecular weight excluding hydrogens is 242 g/mol. The number of unbranched alkanes of at least 4 members (excludes halogenated alkanes) is 2. The summed E-state index contributed by atoms with van der Waals surface area (Å²) < 4.78 is 1.62. The predicted molar refractivity (Wildman–Crippen MR) is 73.4 cm³/mol. The van der Waals surface area contributed by atoms with Crippen LogP contribution >= 0.6 is 0 Å². The smallest absolute Gasteiger partial charge is 0.372 e. The lowest BCUT2D eigenvalue weighted by atomic mass is 10.2. The third-order valence-electron chi connectivity index (χ3n) is 3.07. The highest BCUT2D eigenvalue weighted by atomic mass is 16.4. The number of hydrogen-bond acceptors (Lipinski definition) is 3. The highest BCUT2D eigenvalue weighted by Crippen LogP contribution is 2.13. The fourth-order valence-corrected chi connectivity index (χ4v) is 2.09. The summed E-state index contributed by atoms with van der Waals surface area (Å²) in [4.78, 5) is 15.3. The molecule has 2 heterocycles. The third-order valence-corrected chi connectivity index (χ3v) is 3.07. The van der Waals surface area contributed by atoms with Gasteiger partial charge in [0.05, 0.1) is 11.2 Å². The standard InChI is InChI=1S/C14H19N3O2/c1-2-3-5-8-15-10-11-12-7-4-6-9-17(12)13(16-11)14(18)19/h4,6-7,9,15H,2-3,5,8,10H2,1H3,(H,18,19). The van der Waals surface area contributed by atoms with E-state index in [0.717, 1.165) is 24.2 Å². The van der Waals surface area contributed by atoms with Gasteiger partial charge in [-0.3, -0.25) is 4.40 Å². The van der Waals surface area contributed by atoms with E-state index in [1.807, 2.05) is 12.1 Å². The van der Waals surface area contributed by atoms with E-state index in [1.165, 1.54) is 12.8 Å². The Morgan fingerprint density at radius 1 is 1.42 bits per heavy atom. The van der Waals surface area contributed by atoms with Crippen LogP contribution in [0.2, 0.25) is 0 Å². The van der Waals surface area contributed by atoms with Crippen LogP contribution < -0.4 is 5.32 Å². The van der Waals surface area contributed by atoms with Crippen molar-refractivity contribution in [1.29, 1.82) is 0 Å². The topological polar surface area (TPSA) is 66.6 Å². The van der Waals surface area contributed by atoms with E-state index >= 15 is 0 Å². The summed E-state index contributed by atoms with van der Waals surface area (Å²) >= 11 is 0. The lowest BCUT2D eigenvalue weighted by molar-refractivity contribution is 0.0682. The summed E-state index contributed by atoms with van der Waals surface area (Å²) in [6.45, 7) is 3.70. The SMILES string of the molecule is CCCCCNCc1nc(C(=O)O)n2ccccc12. The summed E-state index contributed by atoms with van der Waals surface area (Å²) in [5, 5.41) is 12.4. The van der Waals surface area contributed by atoms with Crippen LogP contribution in [0.3, 0.4) is 0 Å². The van der Waals surface area contributed by atoms with Crippen LogP contribution in [0.25, 0.3) is 5.52 Å². The van der Waals surface area contributed by atoms with Crippen LogP contribution in [-0.4, -0.2) is 27.0 Å². The number of hydrogen-bond donors (Lipinski definition) is 2. The van der Waals surface area contributed by atoms with Crippen LogP contribution in [0, 0.1) is 0 Å². The average molecular weight is 261 g/mol. The Labute approximate surface area is 112 Å². The van der Waals surface area contributed by atoms with Crippen LogP contribution in [0.15, 0.2) is 24.4 Å². The van der Waals surface area contributed by atoms with Gasteiger partial charge < -0.3 is 10.4 Å². The Kier molecular flexibility index (Phi) is 4.52. The van der Waals surface area contributed by atoms with Crippen LogP contribution in [0.4, 0.5) is 0 Å². The summed E-state index contributed by atoms with van der Waals surface area (Å²) in [5.41, 5.74) is 1.64. The van der Waals surface area contributed by atoms with Gasteiger partial charge in [-0.1, -0.05) is 25.8 Å². The van der Waals surface area contributed by atoms with E-state index in [4.69, 9.17) is 5.11 Å². The van der Waals surface area contributed by atoms with Gasteiger partial charge in [0.1, 0.15) is 0 Å². The molecule has 2 aromatic rings. The highest BCUT2D eigenvalue weighted by molar-refractivity contribution is 5.85. The normalized spacial score (nSPS) is 11.0. The van der Waals surface area contributed by atoms with E-state index in [0.29, 0.717) is 6.54 Å². The molecule has 0 bridgehead atoms. The fourth-order valence-electron chi connectivity index (χ4n) is 2.09. The average Bonchev–Trinajstić information content (AvgIpc) is 2.78. The van der Waals surface area contributed by atoms with Crippen molar-refractivity contribution in [2.45, 2.75) is 32.7 Å². The summed E-state index contributed by atoms with van der Waals surface area (Å²) in [7, 11) is 0. The van der Waals surface area contributed by atoms with Crippen molar-refractivity contribution in [3.8, 4) is 0 Å². The third kappa shape index (κ3) is 3.12. The molecule has 5 nitrogen and oxygen atoms in total. The monoisotopic (exact) mass is 261 g/mol. The Morgan fingerprint density at radius 2 is 2.26 bits per heavy atom. The number of nitrogens with zero attached hydrogens (tertiary/aromatic N) is 2. The highest BCUT2D eigenvalue weighted by Gasteiger charge is 2.15. The van der Waals surface area contributed by atoms with E-state index in [-0.39, 0.29) is 5.82 Å². The zero-order valence-electron chi connectivity index (χ0n) is 11.1. The molecule has 0 saturated heterocycles. The first-order valence-electron chi connectivity index (χ1n) is 6.64. The zero-order valence-corrected chi connectivity index (χ0v) is 11.1. The minimum atomic E-state index is -1.00. The molecule has 0 unspecified atom stereocenters. The molecule has 0 aliphatic carbocycles. The second-order valence-electron chi connectivity index (χ2n) is 4.53. The van der Waals surface area contributed by atoms with E-state index < -0.39 is 5.97 Å². The molecule has 102 valence electrons. The second kappa shape index (κ2) is 6.33. The van der Waals surface area contributed by atoms with Crippen molar-refractivity contribution in [3.05, 3.63) is 35.9 Å². The molecule has 0 aromatic carbocycles. The number of imidazole rings is 1. The summed E-state index contributed by atoms with van der Waals surface area (Å²) in [6.07, 6.45) is 5.26. The van der Waals surface area contributed by atoms with Gasteiger partial charge in [0.2, 0.25) is 5.82 Å². The lowest BCUT2D eigenvalue weighted by Gasteiger charge is -2.02. The van der Waals surface area contributed by atoms with Crippen molar-refractivity contribution in [2.75, 3.05) is 6.54 Å². The molecule has 0 radical (unpaired) electrons. The van der Waals surface area contributed by atoms with Gasteiger partial charge in [0, 0.05) is 12.7 Å². The Bertz CT molecular complexity index is 563. The van der Waals surface area contributed by atoms with Gasteiger partial charge in [0.15, 0.2) is 0 Å². The first-order valence-corrected chi connectivity index (χ1v) is 6.64. The minimum Gasteiger partial charge on any atom is -0.475 e. The molecule has 0 aliphatic heterocycles. The van der Waals surface area contributed by atoms with Gasteiger partial charge in [0.25, 0.3) is 0 Å². The van der Waals surface area contributed by atoms with Crippen molar-refractivity contribution in [1.82, 2.24) is 14.7 Å². The molecule has 19 heavy (non-hydrogen) atoms. The van der Waals surface area contributed by atoms with E-state index in [2.05, 4.69) is 17.2 Å². The summed E-state index contributed by atoms with van der Waals surface area (Å²) in [5.74, 6) is -0.931. The van der Waals surface area contributed by atoms with Crippen molar-refractivity contribution < 1.29 is 9.90 Å². The van der Waals surface area contributed by atoms with Crippen LogP contribution in [0.1, 0.15) is 42.5 Å². The Morgan fingerprint density at radius 3 is 3.00 bits per heavy atom. The van der Waals surface area contributed by atoms with Gasteiger partial charge in [-0.2, -0.15) is 0 Å². The number of carboxylic acids is 1. The molecule has 2 N–H and O–H groups in total. The van der Waals surface area contributed by atoms with Gasteiger partial charge in [-0.05, 0) is 25.1 Å². The second-order valence-corrected chi connectivity index (χ2v) is 4.53. The quantitative estimate of drug-likeness (QED) is 0.751. The number of carboxylic acid groups (broad SMARTS) is 1. The van der Waals surface area contributed by atoms with Gasteiger partial charge in [-0.15, -0.1) is 0 Å². The van der Waals surface area contributed by atoms with Crippen molar-refractivity contribution in [3.63, 3.8) is 0 Å². The Hall–Kier alpha value is -1.88. The number of aromatic nitrogens is 2. The van der Waals surface area contributed by atoms with Gasteiger partial charge in [-0.25, -0.2) is 9.78 Å². The van der Waals surface area contributed by atoms with Crippen molar-refractivity contribution >= 4 is 11.5 Å².